The van der Waals surface area contributed by atoms with Crippen LogP contribution in [0, 0.1) is 5.82 Å². The third-order valence-electron chi connectivity index (χ3n) is 5.56. The highest BCUT2D eigenvalue weighted by Crippen LogP contribution is 2.24. The van der Waals surface area contributed by atoms with Gasteiger partial charge in [0.2, 0.25) is 10.0 Å². The molecule has 4 rings (SSSR count). The van der Waals surface area contributed by atoms with Crippen LogP contribution in [0.15, 0.2) is 53.4 Å². The third kappa shape index (κ3) is 4.00. The minimum absolute atomic E-state index is 0.0212. The molecule has 2 fully saturated rings. The second-order valence-electron chi connectivity index (χ2n) is 7.37. The first-order chi connectivity index (χ1) is 14.0. The van der Waals surface area contributed by atoms with Gasteiger partial charge in [-0.25, -0.2) is 12.8 Å². The Labute approximate surface area is 170 Å². The number of rotatable bonds is 4. The zero-order chi connectivity index (χ0) is 20.4. The van der Waals surface area contributed by atoms with Crippen LogP contribution in [0.5, 0.6) is 0 Å². The van der Waals surface area contributed by atoms with Gasteiger partial charge in [0, 0.05) is 45.0 Å². The van der Waals surface area contributed by atoms with Crippen LogP contribution in [0.1, 0.15) is 23.2 Å². The molecule has 1 amide bonds. The van der Waals surface area contributed by atoms with Gasteiger partial charge < -0.3 is 9.80 Å². The normalized spacial score (nSPS) is 18.2. The van der Waals surface area contributed by atoms with Gasteiger partial charge in [0.05, 0.1) is 10.5 Å². The average Bonchev–Trinajstić information content (AvgIpc) is 3.30. The number of sulfonamides is 1. The van der Waals surface area contributed by atoms with Gasteiger partial charge in [-0.1, -0.05) is 18.2 Å². The van der Waals surface area contributed by atoms with Crippen LogP contribution in [0.3, 0.4) is 0 Å². The third-order valence-corrected chi connectivity index (χ3v) is 7.45. The summed E-state index contributed by atoms with van der Waals surface area (Å²) in [6.45, 7) is 3.12. The van der Waals surface area contributed by atoms with E-state index >= 15 is 0 Å². The van der Waals surface area contributed by atoms with Gasteiger partial charge in [-0.2, -0.15) is 4.31 Å². The summed E-state index contributed by atoms with van der Waals surface area (Å²) < 4.78 is 41.3. The van der Waals surface area contributed by atoms with Crippen molar-refractivity contribution in [2.45, 2.75) is 17.7 Å². The molecule has 6 nitrogen and oxygen atoms in total. The highest BCUT2D eigenvalue weighted by molar-refractivity contribution is 7.89. The standard InChI is InChI=1S/C21H24FN3O3S/c22-20-9-8-18(29(27,28)25-10-4-5-11-25)16-19(20)21(26)24-14-12-23(13-15-24)17-6-2-1-3-7-17/h1-3,6-9,16H,4-5,10-15H2. The maximum Gasteiger partial charge on any atom is 0.256 e. The zero-order valence-corrected chi connectivity index (χ0v) is 16.9. The minimum atomic E-state index is -3.70. The number of carbonyl (C=O) groups excluding carboxylic acids is 1. The monoisotopic (exact) mass is 417 g/mol. The van der Waals surface area contributed by atoms with Crippen molar-refractivity contribution in [1.82, 2.24) is 9.21 Å². The smallest absolute Gasteiger partial charge is 0.256 e. The van der Waals surface area contributed by atoms with Gasteiger partial charge >= 0.3 is 0 Å². The van der Waals surface area contributed by atoms with Gasteiger partial charge in [0.25, 0.3) is 5.91 Å². The fourth-order valence-electron chi connectivity index (χ4n) is 3.88. The molecule has 0 spiro atoms. The fourth-order valence-corrected chi connectivity index (χ4v) is 5.43. The van der Waals surface area contributed by atoms with Crippen molar-refractivity contribution in [3.8, 4) is 0 Å². The molecule has 2 aliphatic heterocycles. The van der Waals surface area contributed by atoms with E-state index in [0.717, 1.165) is 24.6 Å². The summed E-state index contributed by atoms with van der Waals surface area (Å²) >= 11 is 0. The molecule has 2 aromatic carbocycles. The Morgan fingerprint density at radius 2 is 1.52 bits per heavy atom. The van der Waals surface area contributed by atoms with E-state index in [0.29, 0.717) is 39.3 Å². The topological polar surface area (TPSA) is 60.9 Å². The number of para-hydroxylation sites is 1. The summed E-state index contributed by atoms with van der Waals surface area (Å²) in [5.74, 6) is -1.16. The van der Waals surface area contributed by atoms with Crippen molar-refractivity contribution in [3.05, 3.63) is 59.9 Å². The number of anilines is 1. The lowest BCUT2D eigenvalue weighted by Crippen LogP contribution is -2.49. The van der Waals surface area contributed by atoms with Crippen LogP contribution in [-0.4, -0.2) is 62.8 Å². The summed E-state index contributed by atoms with van der Waals surface area (Å²) in [5, 5.41) is 0. The fraction of sp³-hybridized carbons (Fsp3) is 0.381. The quantitative estimate of drug-likeness (QED) is 0.767. The predicted molar refractivity (Wildman–Crippen MR) is 109 cm³/mol. The second-order valence-corrected chi connectivity index (χ2v) is 9.31. The summed E-state index contributed by atoms with van der Waals surface area (Å²) in [4.78, 5) is 16.7. The summed E-state index contributed by atoms with van der Waals surface area (Å²) in [6.07, 6.45) is 1.63. The molecule has 2 aliphatic rings. The molecule has 154 valence electrons. The van der Waals surface area contributed by atoms with Gasteiger partial charge in [0.1, 0.15) is 5.82 Å². The number of nitrogens with zero attached hydrogens (tertiary/aromatic N) is 3. The number of benzene rings is 2. The number of carbonyl (C=O) groups is 1. The van der Waals surface area contributed by atoms with Gasteiger partial charge in [0.15, 0.2) is 0 Å². The Morgan fingerprint density at radius 3 is 2.17 bits per heavy atom. The van der Waals surface area contributed by atoms with E-state index in [2.05, 4.69) is 4.90 Å². The van der Waals surface area contributed by atoms with Gasteiger partial charge in [-0.15, -0.1) is 0 Å². The average molecular weight is 418 g/mol. The number of amides is 1. The summed E-state index contributed by atoms with van der Waals surface area (Å²) in [7, 11) is -3.70. The maximum absolute atomic E-state index is 14.4. The van der Waals surface area contributed by atoms with E-state index in [9.17, 15) is 17.6 Å². The first-order valence-corrected chi connectivity index (χ1v) is 11.3. The van der Waals surface area contributed by atoms with Crippen LogP contribution in [0.4, 0.5) is 10.1 Å². The second kappa shape index (κ2) is 8.12. The number of hydrogen-bond acceptors (Lipinski definition) is 4. The number of hydrogen-bond donors (Lipinski definition) is 0. The molecule has 0 unspecified atom stereocenters. The minimum Gasteiger partial charge on any atom is -0.368 e. The molecule has 0 aromatic heterocycles. The van der Waals surface area contributed by atoms with E-state index < -0.39 is 21.7 Å². The highest BCUT2D eigenvalue weighted by Gasteiger charge is 2.30. The van der Waals surface area contributed by atoms with Crippen LogP contribution in [0.2, 0.25) is 0 Å². The molecule has 2 saturated heterocycles. The summed E-state index contributed by atoms with van der Waals surface area (Å²) in [5.41, 5.74) is 0.905. The molecule has 2 aromatic rings. The Hall–Kier alpha value is -2.45. The number of halogens is 1. The van der Waals surface area contributed by atoms with Gasteiger partial charge in [-0.3, -0.25) is 4.79 Å². The number of piperazine rings is 1. The van der Waals surface area contributed by atoms with E-state index in [-0.39, 0.29) is 10.5 Å². The van der Waals surface area contributed by atoms with Crippen LogP contribution >= 0.6 is 0 Å². The molecule has 0 aliphatic carbocycles. The first kappa shape index (κ1) is 19.8. The molecule has 0 N–H and O–H groups in total. The molecule has 8 heteroatoms. The zero-order valence-electron chi connectivity index (χ0n) is 16.1. The predicted octanol–water partition coefficient (Wildman–Crippen LogP) is 2.57. The van der Waals surface area contributed by atoms with Gasteiger partial charge in [-0.05, 0) is 43.2 Å². The van der Waals surface area contributed by atoms with Crippen molar-refractivity contribution >= 4 is 21.6 Å². The van der Waals surface area contributed by atoms with E-state index in [1.54, 1.807) is 4.90 Å². The molecule has 2 heterocycles. The Morgan fingerprint density at radius 1 is 0.862 bits per heavy atom. The van der Waals surface area contributed by atoms with E-state index in [1.807, 2.05) is 30.3 Å². The molecule has 0 atom stereocenters. The van der Waals surface area contributed by atoms with E-state index in [4.69, 9.17) is 0 Å². The molecule has 29 heavy (non-hydrogen) atoms. The Balaban J connectivity index is 1.50. The van der Waals surface area contributed by atoms with E-state index in [1.165, 1.54) is 16.4 Å². The molecular weight excluding hydrogens is 393 g/mol. The molecular formula is C21H24FN3O3S. The van der Waals surface area contributed by atoms with Crippen molar-refractivity contribution in [2.24, 2.45) is 0 Å². The molecule has 0 radical (unpaired) electrons. The maximum atomic E-state index is 14.4. The van der Waals surface area contributed by atoms with Crippen molar-refractivity contribution in [2.75, 3.05) is 44.2 Å². The lowest BCUT2D eigenvalue weighted by Gasteiger charge is -2.36. The summed E-state index contributed by atoms with van der Waals surface area (Å²) in [6, 6.07) is 13.4. The van der Waals surface area contributed by atoms with Crippen LogP contribution in [0.25, 0.3) is 0 Å². The van der Waals surface area contributed by atoms with Crippen molar-refractivity contribution in [3.63, 3.8) is 0 Å². The Kier molecular flexibility index (Phi) is 5.56. The van der Waals surface area contributed by atoms with Crippen molar-refractivity contribution < 1.29 is 17.6 Å². The van der Waals surface area contributed by atoms with Crippen LogP contribution < -0.4 is 4.90 Å². The lowest BCUT2D eigenvalue weighted by atomic mass is 10.1. The SMILES string of the molecule is O=C(c1cc(S(=O)(=O)N2CCCC2)ccc1F)N1CCN(c2ccccc2)CC1. The van der Waals surface area contributed by atoms with Crippen molar-refractivity contribution in [1.29, 1.82) is 0 Å². The highest BCUT2D eigenvalue weighted by atomic mass is 32.2. The lowest BCUT2D eigenvalue weighted by molar-refractivity contribution is 0.0741. The first-order valence-electron chi connectivity index (χ1n) is 9.86. The van der Waals surface area contributed by atoms with Crippen LogP contribution in [-0.2, 0) is 10.0 Å². The largest absolute Gasteiger partial charge is 0.368 e. The molecule has 0 bridgehead atoms. The Bertz CT molecular complexity index is 983. The molecule has 0 saturated carbocycles.